The molecule has 1 heteroatoms. The van der Waals surface area contributed by atoms with Crippen LogP contribution in [0.1, 0.15) is 25.7 Å². The third-order valence-corrected chi connectivity index (χ3v) is 2.38. The predicted molar refractivity (Wildman–Crippen MR) is 45.1 cm³/mol. The van der Waals surface area contributed by atoms with Gasteiger partial charge in [-0.25, -0.2) is 0 Å². The zero-order valence-corrected chi connectivity index (χ0v) is 6.84. The van der Waals surface area contributed by atoms with E-state index in [1.165, 1.54) is 32.2 Å². The Bertz CT molecular complexity index is 109. The minimum Gasteiger partial charge on any atom is -0.303 e. The summed E-state index contributed by atoms with van der Waals surface area (Å²) in [5.41, 5.74) is 0. The van der Waals surface area contributed by atoms with Crippen LogP contribution >= 0.6 is 0 Å². The summed E-state index contributed by atoms with van der Waals surface area (Å²) < 4.78 is 0. The molecule has 0 N–H and O–H groups in total. The summed E-state index contributed by atoms with van der Waals surface area (Å²) in [5.74, 6) is 0. The van der Waals surface area contributed by atoms with Crippen LogP contribution in [0.25, 0.3) is 0 Å². The van der Waals surface area contributed by atoms with E-state index in [9.17, 15) is 0 Å². The van der Waals surface area contributed by atoms with Crippen molar-refractivity contribution in [1.82, 2.24) is 4.90 Å². The van der Waals surface area contributed by atoms with E-state index in [1.54, 1.807) is 0 Å². The third-order valence-electron chi connectivity index (χ3n) is 2.38. The van der Waals surface area contributed by atoms with E-state index in [0.717, 1.165) is 6.04 Å². The summed E-state index contributed by atoms with van der Waals surface area (Å²) in [6.45, 7) is 5.02. The summed E-state index contributed by atoms with van der Waals surface area (Å²) in [4.78, 5) is 2.46. The molecule has 1 aliphatic heterocycles. The molecule has 1 aliphatic rings. The Morgan fingerprint density at radius 2 is 2.50 bits per heavy atom. The number of allylic oxidation sites excluding steroid dienone is 1. The summed E-state index contributed by atoms with van der Waals surface area (Å²) >= 11 is 0. The molecule has 0 aromatic rings. The minimum absolute atomic E-state index is 0.845. The van der Waals surface area contributed by atoms with Gasteiger partial charge in [-0.2, -0.15) is 0 Å². The molecule has 10 heavy (non-hydrogen) atoms. The lowest BCUT2D eigenvalue weighted by molar-refractivity contribution is 0.298. The first kappa shape index (κ1) is 7.80. The Morgan fingerprint density at radius 3 is 3.00 bits per heavy atom. The van der Waals surface area contributed by atoms with Crippen molar-refractivity contribution in [2.24, 2.45) is 0 Å². The second kappa shape index (κ2) is 3.77. The van der Waals surface area contributed by atoms with Crippen molar-refractivity contribution in [2.45, 2.75) is 31.7 Å². The molecule has 1 heterocycles. The highest BCUT2D eigenvalue weighted by molar-refractivity contribution is 4.79. The van der Waals surface area contributed by atoms with E-state index in [1.807, 2.05) is 6.08 Å². The van der Waals surface area contributed by atoms with Crippen LogP contribution in [0, 0.1) is 0 Å². The van der Waals surface area contributed by atoms with E-state index in [4.69, 9.17) is 0 Å². The highest BCUT2D eigenvalue weighted by Gasteiger charge is 2.18. The van der Waals surface area contributed by atoms with Crippen molar-refractivity contribution < 1.29 is 0 Å². The first-order valence-electron chi connectivity index (χ1n) is 4.15. The second-order valence-electron chi connectivity index (χ2n) is 3.14. The average molecular weight is 139 g/mol. The van der Waals surface area contributed by atoms with Gasteiger partial charge in [0.1, 0.15) is 0 Å². The Labute approximate surface area is 63.7 Å². The number of hydrogen-bond donors (Lipinski definition) is 0. The maximum atomic E-state index is 3.73. The molecule has 0 amide bonds. The smallest absolute Gasteiger partial charge is 0.00956 e. The Hall–Kier alpha value is -0.300. The molecule has 58 valence electrons. The van der Waals surface area contributed by atoms with Gasteiger partial charge in [0.25, 0.3) is 0 Å². The average Bonchev–Trinajstić information content (AvgIpc) is 2.31. The van der Waals surface area contributed by atoms with Crippen molar-refractivity contribution in [3.63, 3.8) is 0 Å². The van der Waals surface area contributed by atoms with Crippen LogP contribution in [0.2, 0.25) is 0 Å². The molecule has 0 aromatic heterocycles. The topological polar surface area (TPSA) is 3.24 Å². The van der Waals surface area contributed by atoms with Crippen LogP contribution in [0.3, 0.4) is 0 Å². The molecular formula is C9H17N. The zero-order chi connectivity index (χ0) is 7.40. The van der Waals surface area contributed by atoms with Crippen LogP contribution in [-0.4, -0.2) is 24.5 Å². The van der Waals surface area contributed by atoms with E-state index >= 15 is 0 Å². The fourth-order valence-corrected chi connectivity index (χ4v) is 1.65. The fraction of sp³-hybridized carbons (Fsp3) is 0.778. The van der Waals surface area contributed by atoms with Crippen LogP contribution in [-0.2, 0) is 0 Å². The normalized spacial score (nSPS) is 27.1. The molecule has 0 radical (unpaired) electrons. The SMILES string of the molecule is C=CCCC1CCCN1C. The molecule has 1 nitrogen and oxygen atoms in total. The van der Waals surface area contributed by atoms with Crippen LogP contribution in [0.5, 0.6) is 0 Å². The van der Waals surface area contributed by atoms with Gasteiger partial charge in [-0.1, -0.05) is 6.08 Å². The molecule has 0 aliphatic carbocycles. The fourth-order valence-electron chi connectivity index (χ4n) is 1.65. The van der Waals surface area contributed by atoms with Gasteiger partial charge in [-0.3, -0.25) is 0 Å². The summed E-state index contributed by atoms with van der Waals surface area (Å²) in [7, 11) is 2.22. The predicted octanol–water partition coefficient (Wildman–Crippen LogP) is 2.05. The van der Waals surface area contributed by atoms with Gasteiger partial charge < -0.3 is 4.90 Å². The molecule has 0 saturated carbocycles. The quantitative estimate of drug-likeness (QED) is 0.541. The van der Waals surface area contributed by atoms with Crippen molar-refractivity contribution in [2.75, 3.05) is 13.6 Å². The highest BCUT2D eigenvalue weighted by atomic mass is 15.1. The van der Waals surface area contributed by atoms with Gasteiger partial charge in [0.2, 0.25) is 0 Å². The third kappa shape index (κ3) is 1.84. The van der Waals surface area contributed by atoms with E-state index in [-0.39, 0.29) is 0 Å². The standard InChI is InChI=1S/C9H17N/c1-3-4-6-9-7-5-8-10(9)2/h3,9H,1,4-8H2,2H3. The molecule has 0 bridgehead atoms. The Morgan fingerprint density at radius 1 is 1.70 bits per heavy atom. The van der Waals surface area contributed by atoms with Crippen molar-refractivity contribution in [3.8, 4) is 0 Å². The van der Waals surface area contributed by atoms with E-state index < -0.39 is 0 Å². The van der Waals surface area contributed by atoms with Crippen molar-refractivity contribution >= 4 is 0 Å². The highest BCUT2D eigenvalue weighted by Crippen LogP contribution is 2.18. The molecule has 1 fully saturated rings. The van der Waals surface area contributed by atoms with Gasteiger partial charge in [-0.05, 0) is 39.3 Å². The van der Waals surface area contributed by atoms with Gasteiger partial charge in [0, 0.05) is 6.04 Å². The van der Waals surface area contributed by atoms with Crippen LogP contribution < -0.4 is 0 Å². The lowest BCUT2D eigenvalue weighted by Gasteiger charge is -2.17. The summed E-state index contributed by atoms with van der Waals surface area (Å²) in [6.07, 6.45) is 7.28. The lowest BCUT2D eigenvalue weighted by atomic mass is 10.1. The molecule has 1 atom stereocenters. The molecular weight excluding hydrogens is 122 g/mol. The maximum Gasteiger partial charge on any atom is 0.00956 e. The van der Waals surface area contributed by atoms with Gasteiger partial charge in [0.05, 0.1) is 0 Å². The first-order chi connectivity index (χ1) is 4.84. The zero-order valence-electron chi connectivity index (χ0n) is 6.84. The number of hydrogen-bond acceptors (Lipinski definition) is 1. The second-order valence-corrected chi connectivity index (χ2v) is 3.14. The molecule has 1 saturated heterocycles. The molecule has 1 unspecified atom stereocenters. The number of likely N-dealkylation sites (tertiary alicyclic amines) is 1. The molecule has 1 rings (SSSR count). The van der Waals surface area contributed by atoms with Crippen molar-refractivity contribution in [1.29, 1.82) is 0 Å². The van der Waals surface area contributed by atoms with Crippen LogP contribution in [0.4, 0.5) is 0 Å². The largest absolute Gasteiger partial charge is 0.303 e. The monoisotopic (exact) mass is 139 g/mol. The van der Waals surface area contributed by atoms with Gasteiger partial charge in [-0.15, -0.1) is 6.58 Å². The van der Waals surface area contributed by atoms with Gasteiger partial charge in [0.15, 0.2) is 0 Å². The van der Waals surface area contributed by atoms with Gasteiger partial charge >= 0.3 is 0 Å². The van der Waals surface area contributed by atoms with E-state index in [0.29, 0.717) is 0 Å². The summed E-state index contributed by atoms with van der Waals surface area (Å²) in [6, 6.07) is 0.845. The Balaban J connectivity index is 2.19. The number of nitrogens with zero attached hydrogens (tertiary/aromatic N) is 1. The summed E-state index contributed by atoms with van der Waals surface area (Å²) in [5, 5.41) is 0. The van der Waals surface area contributed by atoms with E-state index in [2.05, 4.69) is 18.5 Å². The Kier molecular flexibility index (Phi) is 2.94. The first-order valence-corrected chi connectivity index (χ1v) is 4.15. The lowest BCUT2D eigenvalue weighted by Crippen LogP contribution is -2.24. The molecule has 0 spiro atoms. The maximum absolute atomic E-state index is 3.73. The minimum atomic E-state index is 0.845. The number of rotatable bonds is 3. The molecule has 0 aromatic carbocycles. The van der Waals surface area contributed by atoms with Crippen molar-refractivity contribution in [3.05, 3.63) is 12.7 Å². The van der Waals surface area contributed by atoms with Crippen LogP contribution in [0.15, 0.2) is 12.7 Å².